The van der Waals surface area contributed by atoms with E-state index in [4.69, 9.17) is 0 Å². The maximum atomic E-state index is 13.4. The fraction of sp³-hybridized carbons (Fsp3) is 0.200. The first-order valence-corrected chi connectivity index (χ1v) is 9.03. The number of hydrogen-bond acceptors (Lipinski definition) is 5. The number of rotatable bonds is 3. The van der Waals surface area contributed by atoms with Crippen LogP contribution in [-0.2, 0) is 19.5 Å². The second-order valence-corrected chi connectivity index (χ2v) is 6.93. The second kappa shape index (κ2) is 6.65. The third-order valence-corrected chi connectivity index (χ3v) is 5.11. The largest absolute Gasteiger partial charge is 0.361 e. The van der Waals surface area contributed by atoms with Gasteiger partial charge in [0.05, 0.1) is 16.8 Å². The van der Waals surface area contributed by atoms with Gasteiger partial charge in [-0.2, -0.15) is 0 Å². The average Bonchev–Trinajstić information content (AvgIpc) is 3.10. The number of nitrogens with zero attached hydrogens (tertiary/aromatic N) is 4. The van der Waals surface area contributed by atoms with Crippen LogP contribution in [0.4, 0.5) is 4.39 Å². The molecule has 0 saturated heterocycles. The van der Waals surface area contributed by atoms with Crippen molar-refractivity contribution in [2.45, 2.75) is 19.5 Å². The number of halogens is 1. The summed E-state index contributed by atoms with van der Waals surface area (Å²) >= 11 is 0. The normalized spacial score (nSPS) is 14.3. The highest BCUT2D eigenvalue weighted by Crippen LogP contribution is 2.23. The molecule has 4 aromatic rings. The molecule has 0 saturated carbocycles. The SMILES string of the molecule is O=c1[nH]c(-c2cncnc2)nc2c1CN(Cc1c[nH]c3cc(F)ccc13)CC2. The summed E-state index contributed by atoms with van der Waals surface area (Å²) < 4.78 is 13.4. The molecule has 7 nitrogen and oxygen atoms in total. The quantitative estimate of drug-likeness (QED) is 0.573. The third kappa shape index (κ3) is 2.97. The molecular weight excluding hydrogens is 359 g/mol. The molecule has 1 aromatic carbocycles. The summed E-state index contributed by atoms with van der Waals surface area (Å²) in [6.45, 7) is 2.00. The summed E-state index contributed by atoms with van der Waals surface area (Å²) in [5.74, 6) is 0.237. The van der Waals surface area contributed by atoms with Gasteiger partial charge in [0.2, 0.25) is 0 Å². The van der Waals surface area contributed by atoms with Crippen LogP contribution in [0, 0.1) is 5.82 Å². The average molecular weight is 376 g/mol. The van der Waals surface area contributed by atoms with Crippen LogP contribution in [0.1, 0.15) is 16.8 Å². The smallest absolute Gasteiger partial charge is 0.255 e. The second-order valence-electron chi connectivity index (χ2n) is 6.93. The van der Waals surface area contributed by atoms with Gasteiger partial charge in [0.1, 0.15) is 18.0 Å². The molecule has 4 heterocycles. The Labute approximate surface area is 159 Å². The number of aromatic amines is 2. The van der Waals surface area contributed by atoms with Crippen LogP contribution < -0.4 is 5.56 Å². The van der Waals surface area contributed by atoms with Crippen molar-refractivity contribution in [2.75, 3.05) is 6.54 Å². The van der Waals surface area contributed by atoms with Crippen LogP contribution >= 0.6 is 0 Å². The lowest BCUT2D eigenvalue weighted by molar-refractivity contribution is 0.242. The van der Waals surface area contributed by atoms with Crippen molar-refractivity contribution in [1.82, 2.24) is 29.8 Å². The topological polar surface area (TPSA) is 90.6 Å². The monoisotopic (exact) mass is 376 g/mol. The zero-order valence-electron chi connectivity index (χ0n) is 14.9. The predicted molar refractivity (Wildman–Crippen MR) is 102 cm³/mol. The van der Waals surface area contributed by atoms with E-state index in [9.17, 15) is 9.18 Å². The van der Waals surface area contributed by atoms with E-state index in [1.54, 1.807) is 18.5 Å². The van der Waals surface area contributed by atoms with E-state index in [2.05, 4.69) is 29.8 Å². The highest BCUT2D eigenvalue weighted by Gasteiger charge is 2.22. The van der Waals surface area contributed by atoms with Crippen LogP contribution in [0.5, 0.6) is 0 Å². The molecule has 0 atom stereocenters. The fourth-order valence-corrected chi connectivity index (χ4v) is 3.70. The Kier molecular flexibility index (Phi) is 3.98. The van der Waals surface area contributed by atoms with E-state index in [1.165, 1.54) is 18.5 Å². The number of hydrogen-bond donors (Lipinski definition) is 2. The third-order valence-electron chi connectivity index (χ3n) is 5.11. The molecule has 8 heteroatoms. The van der Waals surface area contributed by atoms with Gasteiger partial charge in [-0.05, 0) is 23.8 Å². The predicted octanol–water partition coefficient (Wildman–Crippen LogP) is 2.41. The number of fused-ring (bicyclic) bond motifs is 2. The van der Waals surface area contributed by atoms with Crippen molar-refractivity contribution in [1.29, 1.82) is 0 Å². The molecule has 5 rings (SSSR count). The van der Waals surface area contributed by atoms with Crippen LogP contribution in [0.2, 0.25) is 0 Å². The van der Waals surface area contributed by atoms with Crippen molar-refractivity contribution >= 4 is 10.9 Å². The minimum atomic E-state index is -0.259. The number of nitrogens with one attached hydrogen (secondary N) is 2. The van der Waals surface area contributed by atoms with E-state index in [0.717, 1.165) is 28.7 Å². The van der Waals surface area contributed by atoms with Gasteiger partial charge in [0.15, 0.2) is 0 Å². The zero-order valence-corrected chi connectivity index (χ0v) is 14.9. The molecule has 0 aliphatic carbocycles. The molecule has 0 spiro atoms. The summed E-state index contributed by atoms with van der Waals surface area (Å²) in [5, 5.41) is 0.999. The van der Waals surface area contributed by atoms with E-state index in [-0.39, 0.29) is 11.4 Å². The van der Waals surface area contributed by atoms with E-state index in [1.807, 2.05) is 6.20 Å². The summed E-state index contributed by atoms with van der Waals surface area (Å²) in [5.41, 5.74) is 3.94. The van der Waals surface area contributed by atoms with Crippen molar-refractivity contribution in [3.05, 3.63) is 76.1 Å². The van der Waals surface area contributed by atoms with Crippen LogP contribution in [0.25, 0.3) is 22.3 Å². The first kappa shape index (κ1) is 16.8. The molecule has 0 bridgehead atoms. The molecule has 1 aliphatic rings. The Bertz CT molecular complexity index is 1220. The van der Waals surface area contributed by atoms with E-state index < -0.39 is 0 Å². The molecule has 2 N–H and O–H groups in total. The highest BCUT2D eigenvalue weighted by atomic mass is 19.1. The van der Waals surface area contributed by atoms with Crippen LogP contribution in [-0.4, -0.2) is 36.4 Å². The number of aromatic nitrogens is 5. The standard InChI is InChI=1S/C20H17FN6O/c21-14-1-2-15-13(8-24-18(15)5-14)9-27-4-3-17-16(10-27)20(28)26-19(25-17)12-6-22-11-23-7-12/h1-2,5-8,11,24H,3-4,9-10H2,(H,25,26,28). The van der Waals surface area contributed by atoms with Gasteiger partial charge in [0, 0.05) is 55.5 Å². The maximum Gasteiger partial charge on any atom is 0.255 e. The highest BCUT2D eigenvalue weighted by molar-refractivity contribution is 5.83. The lowest BCUT2D eigenvalue weighted by Crippen LogP contribution is -2.35. The van der Waals surface area contributed by atoms with Crippen molar-refractivity contribution in [3.8, 4) is 11.4 Å². The Morgan fingerprint density at radius 2 is 2.07 bits per heavy atom. The van der Waals surface area contributed by atoms with Crippen molar-refractivity contribution < 1.29 is 4.39 Å². The Balaban J connectivity index is 1.41. The lowest BCUT2D eigenvalue weighted by atomic mass is 10.1. The Morgan fingerprint density at radius 3 is 2.93 bits per heavy atom. The summed E-state index contributed by atoms with van der Waals surface area (Å²) in [4.78, 5) is 33.4. The molecule has 140 valence electrons. The fourth-order valence-electron chi connectivity index (χ4n) is 3.70. The Hall–Kier alpha value is -3.39. The number of benzene rings is 1. The number of H-pyrrole nitrogens is 2. The van der Waals surface area contributed by atoms with Gasteiger partial charge in [-0.1, -0.05) is 0 Å². The van der Waals surface area contributed by atoms with Gasteiger partial charge < -0.3 is 9.97 Å². The molecule has 0 unspecified atom stereocenters. The minimum absolute atomic E-state index is 0.130. The molecular formula is C20H17FN6O. The lowest BCUT2D eigenvalue weighted by Gasteiger charge is -2.27. The van der Waals surface area contributed by atoms with Gasteiger partial charge in [0.25, 0.3) is 5.56 Å². The van der Waals surface area contributed by atoms with Gasteiger partial charge in [-0.25, -0.2) is 19.3 Å². The molecule has 0 amide bonds. The van der Waals surface area contributed by atoms with Gasteiger partial charge >= 0.3 is 0 Å². The van der Waals surface area contributed by atoms with Crippen molar-refractivity contribution in [3.63, 3.8) is 0 Å². The van der Waals surface area contributed by atoms with E-state index >= 15 is 0 Å². The van der Waals surface area contributed by atoms with Gasteiger partial charge in [-0.3, -0.25) is 9.69 Å². The molecule has 3 aromatic heterocycles. The summed E-state index contributed by atoms with van der Waals surface area (Å²) in [6, 6.07) is 4.75. The van der Waals surface area contributed by atoms with Gasteiger partial charge in [-0.15, -0.1) is 0 Å². The van der Waals surface area contributed by atoms with Crippen molar-refractivity contribution in [2.24, 2.45) is 0 Å². The molecule has 0 fully saturated rings. The van der Waals surface area contributed by atoms with Crippen LogP contribution in [0.15, 0.2) is 47.9 Å². The first-order chi connectivity index (χ1) is 13.7. The maximum absolute atomic E-state index is 13.4. The summed E-state index contributed by atoms with van der Waals surface area (Å²) in [7, 11) is 0. The first-order valence-electron chi connectivity index (χ1n) is 9.03. The van der Waals surface area contributed by atoms with Crippen LogP contribution in [0.3, 0.4) is 0 Å². The van der Waals surface area contributed by atoms with E-state index in [0.29, 0.717) is 36.5 Å². The Morgan fingerprint density at radius 1 is 1.21 bits per heavy atom. The molecule has 1 aliphatic heterocycles. The minimum Gasteiger partial charge on any atom is -0.361 e. The molecule has 28 heavy (non-hydrogen) atoms. The summed E-state index contributed by atoms with van der Waals surface area (Å²) in [6.07, 6.45) is 7.30. The molecule has 0 radical (unpaired) electrons. The zero-order chi connectivity index (χ0) is 19.1.